The summed E-state index contributed by atoms with van der Waals surface area (Å²) < 4.78 is 13.5. The van der Waals surface area contributed by atoms with Crippen LogP contribution in [-0.4, -0.2) is 15.9 Å². The number of hydrogen-bond donors (Lipinski definition) is 1. The van der Waals surface area contributed by atoms with Crippen LogP contribution in [0, 0.1) is 5.82 Å². The number of benzene rings is 1. The summed E-state index contributed by atoms with van der Waals surface area (Å²) in [5.74, 6) is -1.16. The lowest BCUT2D eigenvalue weighted by molar-refractivity contribution is 0.102. The SMILES string of the molecule is O=C(Nc1ccnc(Cl)n1)c1ccc(Cl)cc1F. The highest BCUT2D eigenvalue weighted by Gasteiger charge is 2.12. The molecule has 0 atom stereocenters. The molecule has 7 heteroatoms. The van der Waals surface area contributed by atoms with E-state index < -0.39 is 11.7 Å². The number of carbonyl (C=O) groups is 1. The lowest BCUT2D eigenvalue weighted by atomic mass is 10.2. The van der Waals surface area contributed by atoms with Gasteiger partial charge in [-0.15, -0.1) is 0 Å². The number of anilines is 1. The summed E-state index contributed by atoms with van der Waals surface area (Å²) in [6.45, 7) is 0. The molecule has 0 radical (unpaired) electrons. The standard InChI is InChI=1S/C11H6Cl2FN3O/c12-6-1-2-7(8(14)5-6)10(18)16-9-3-4-15-11(13)17-9/h1-5H,(H,15,16,17,18). The highest BCUT2D eigenvalue weighted by atomic mass is 35.5. The second kappa shape index (κ2) is 5.29. The molecule has 0 fully saturated rings. The van der Waals surface area contributed by atoms with Crippen molar-refractivity contribution in [3.63, 3.8) is 0 Å². The van der Waals surface area contributed by atoms with Crippen LogP contribution in [0.4, 0.5) is 10.2 Å². The van der Waals surface area contributed by atoms with Gasteiger partial charge in [0.2, 0.25) is 5.28 Å². The first-order chi connectivity index (χ1) is 8.56. The van der Waals surface area contributed by atoms with Crippen LogP contribution in [0.3, 0.4) is 0 Å². The van der Waals surface area contributed by atoms with E-state index in [1.807, 2.05) is 0 Å². The van der Waals surface area contributed by atoms with Crippen molar-refractivity contribution in [2.45, 2.75) is 0 Å². The van der Waals surface area contributed by atoms with Gasteiger partial charge in [0.1, 0.15) is 11.6 Å². The van der Waals surface area contributed by atoms with Crippen LogP contribution in [0.1, 0.15) is 10.4 Å². The number of amides is 1. The van der Waals surface area contributed by atoms with Gasteiger partial charge < -0.3 is 5.32 Å². The van der Waals surface area contributed by atoms with Crippen LogP contribution in [0.5, 0.6) is 0 Å². The molecule has 0 saturated heterocycles. The lowest BCUT2D eigenvalue weighted by Crippen LogP contribution is -2.14. The maximum absolute atomic E-state index is 13.5. The van der Waals surface area contributed by atoms with Gasteiger partial charge in [0.25, 0.3) is 5.91 Å². The average molecular weight is 286 g/mol. The molecular weight excluding hydrogens is 280 g/mol. The zero-order chi connectivity index (χ0) is 13.1. The van der Waals surface area contributed by atoms with Crippen LogP contribution < -0.4 is 5.32 Å². The summed E-state index contributed by atoms with van der Waals surface area (Å²) in [4.78, 5) is 19.2. The Labute approximate surface area is 112 Å². The topological polar surface area (TPSA) is 54.9 Å². The van der Waals surface area contributed by atoms with Gasteiger partial charge in [0.15, 0.2) is 0 Å². The van der Waals surface area contributed by atoms with Crippen molar-refractivity contribution >= 4 is 34.9 Å². The van der Waals surface area contributed by atoms with Gasteiger partial charge in [-0.3, -0.25) is 4.79 Å². The number of nitrogens with zero attached hydrogens (tertiary/aromatic N) is 2. The van der Waals surface area contributed by atoms with E-state index in [1.54, 1.807) is 0 Å². The summed E-state index contributed by atoms with van der Waals surface area (Å²) in [5, 5.41) is 2.61. The second-order valence-electron chi connectivity index (χ2n) is 3.29. The smallest absolute Gasteiger partial charge is 0.259 e. The number of rotatable bonds is 2. The minimum atomic E-state index is -0.708. The zero-order valence-electron chi connectivity index (χ0n) is 8.82. The Hall–Kier alpha value is -1.72. The molecule has 1 heterocycles. The second-order valence-corrected chi connectivity index (χ2v) is 4.06. The van der Waals surface area contributed by atoms with Gasteiger partial charge in [0, 0.05) is 11.2 Å². The Morgan fingerprint density at radius 3 is 2.72 bits per heavy atom. The van der Waals surface area contributed by atoms with Gasteiger partial charge in [-0.2, -0.15) is 0 Å². The van der Waals surface area contributed by atoms with E-state index in [2.05, 4.69) is 15.3 Å². The number of aromatic nitrogens is 2. The van der Waals surface area contributed by atoms with Crippen molar-refractivity contribution in [1.29, 1.82) is 0 Å². The lowest BCUT2D eigenvalue weighted by Gasteiger charge is -2.05. The molecule has 0 unspecified atom stereocenters. The Bertz CT molecular complexity index is 607. The predicted octanol–water partition coefficient (Wildman–Crippen LogP) is 3.17. The normalized spacial score (nSPS) is 10.2. The molecule has 18 heavy (non-hydrogen) atoms. The van der Waals surface area contributed by atoms with Gasteiger partial charge in [-0.25, -0.2) is 14.4 Å². The molecule has 1 amide bonds. The fraction of sp³-hybridized carbons (Fsp3) is 0. The molecule has 0 spiro atoms. The van der Waals surface area contributed by atoms with Crippen LogP contribution in [-0.2, 0) is 0 Å². The molecule has 1 aromatic carbocycles. The van der Waals surface area contributed by atoms with E-state index in [0.29, 0.717) is 0 Å². The summed E-state index contributed by atoms with van der Waals surface area (Å²) >= 11 is 11.2. The Kier molecular flexibility index (Phi) is 3.74. The number of halogens is 3. The Balaban J connectivity index is 2.22. The molecule has 1 N–H and O–H groups in total. The Morgan fingerprint density at radius 1 is 1.28 bits per heavy atom. The first-order valence-corrected chi connectivity index (χ1v) is 5.57. The van der Waals surface area contributed by atoms with Crippen LogP contribution in [0.2, 0.25) is 10.3 Å². The summed E-state index contributed by atoms with van der Waals surface area (Å²) in [5.41, 5.74) is -0.130. The van der Waals surface area contributed by atoms with Crippen LogP contribution >= 0.6 is 23.2 Å². The highest BCUT2D eigenvalue weighted by Crippen LogP contribution is 2.16. The molecule has 2 rings (SSSR count). The molecule has 0 saturated carbocycles. The fourth-order valence-corrected chi connectivity index (χ4v) is 1.57. The van der Waals surface area contributed by atoms with Crippen molar-refractivity contribution in [2.24, 2.45) is 0 Å². The van der Waals surface area contributed by atoms with Gasteiger partial charge in [-0.1, -0.05) is 11.6 Å². The molecule has 92 valence electrons. The third kappa shape index (κ3) is 2.94. The van der Waals surface area contributed by atoms with Gasteiger partial charge in [-0.05, 0) is 35.9 Å². The molecule has 0 bridgehead atoms. The minimum absolute atomic E-state index is 0.00984. The molecule has 0 aliphatic heterocycles. The maximum atomic E-state index is 13.5. The molecule has 0 aliphatic rings. The maximum Gasteiger partial charge on any atom is 0.259 e. The van der Waals surface area contributed by atoms with E-state index in [1.165, 1.54) is 24.4 Å². The largest absolute Gasteiger partial charge is 0.306 e. The zero-order valence-corrected chi connectivity index (χ0v) is 10.3. The average Bonchev–Trinajstić information content (AvgIpc) is 2.28. The first kappa shape index (κ1) is 12.7. The van der Waals surface area contributed by atoms with Crippen molar-refractivity contribution < 1.29 is 9.18 Å². The third-order valence-electron chi connectivity index (χ3n) is 2.04. The summed E-state index contributed by atoms with van der Waals surface area (Å²) in [7, 11) is 0. The van der Waals surface area contributed by atoms with E-state index in [-0.39, 0.29) is 21.7 Å². The first-order valence-electron chi connectivity index (χ1n) is 4.81. The van der Waals surface area contributed by atoms with E-state index in [4.69, 9.17) is 23.2 Å². The van der Waals surface area contributed by atoms with Crippen molar-refractivity contribution in [3.8, 4) is 0 Å². The Morgan fingerprint density at radius 2 is 2.06 bits per heavy atom. The molecule has 0 aliphatic carbocycles. The van der Waals surface area contributed by atoms with Crippen molar-refractivity contribution in [3.05, 3.63) is 52.1 Å². The highest BCUT2D eigenvalue weighted by molar-refractivity contribution is 6.30. The van der Waals surface area contributed by atoms with Gasteiger partial charge >= 0.3 is 0 Å². The fourth-order valence-electron chi connectivity index (χ4n) is 1.26. The van der Waals surface area contributed by atoms with Gasteiger partial charge in [0.05, 0.1) is 5.56 Å². The predicted molar refractivity (Wildman–Crippen MR) is 66.4 cm³/mol. The quantitative estimate of drug-likeness (QED) is 0.863. The monoisotopic (exact) mass is 285 g/mol. The molecule has 4 nitrogen and oxygen atoms in total. The molecular formula is C11H6Cl2FN3O. The third-order valence-corrected chi connectivity index (χ3v) is 2.46. The van der Waals surface area contributed by atoms with Crippen LogP contribution in [0.15, 0.2) is 30.5 Å². The van der Waals surface area contributed by atoms with Crippen molar-refractivity contribution in [1.82, 2.24) is 9.97 Å². The number of nitrogens with one attached hydrogen (secondary N) is 1. The van der Waals surface area contributed by atoms with E-state index in [0.717, 1.165) is 6.07 Å². The summed E-state index contributed by atoms with van der Waals surface area (Å²) in [6.07, 6.45) is 1.38. The minimum Gasteiger partial charge on any atom is -0.306 e. The van der Waals surface area contributed by atoms with Crippen molar-refractivity contribution in [2.75, 3.05) is 5.32 Å². The van der Waals surface area contributed by atoms with E-state index >= 15 is 0 Å². The van der Waals surface area contributed by atoms with E-state index in [9.17, 15) is 9.18 Å². The number of hydrogen-bond acceptors (Lipinski definition) is 3. The molecule has 2 aromatic rings. The van der Waals surface area contributed by atoms with Crippen LogP contribution in [0.25, 0.3) is 0 Å². The summed E-state index contributed by atoms with van der Waals surface area (Å²) in [6, 6.07) is 5.21. The molecule has 1 aromatic heterocycles. The number of carbonyl (C=O) groups excluding carboxylic acids is 1.